The van der Waals surface area contributed by atoms with Crippen LogP contribution in [0, 0.1) is 10.1 Å². The summed E-state index contributed by atoms with van der Waals surface area (Å²) < 4.78 is 28.4. The number of nitrogens with one attached hydrogen (secondary N) is 1. The molecule has 0 unspecified atom stereocenters. The summed E-state index contributed by atoms with van der Waals surface area (Å²) in [6, 6.07) is 15.9. The van der Waals surface area contributed by atoms with Crippen molar-refractivity contribution in [1.29, 1.82) is 0 Å². The number of rotatable bonds is 12. The number of carbonyl (C=O) groups excluding carboxylic acids is 2. The highest BCUT2D eigenvalue weighted by molar-refractivity contribution is 7.92. The zero-order chi connectivity index (χ0) is 30.3. The molecule has 0 fully saturated rings. The van der Waals surface area contributed by atoms with Gasteiger partial charge in [-0.3, -0.25) is 24.0 Å². The van der Waals surface area contributed by atoms with Gasteiger partial charge in [-0.05, 0) is 56.2 Å². The Hall–Kier alpha value is -3.67. The molecule has 1 N–H and O–H groups in total. The van der Waals surface area contributed by atoms with Crippen LogP contribution in [0.1, 0.15) is 32.8 Å². The zero-order valence-corrected chi connectivity index (χ0v) is 25.0. The molecular formula is C28H30Cl2N4O6S. The third-order valence-corrected chi connectivity index (χ3v) is 8.49. The standard InChI is InChI=1S/C28H30Cl2N4O6S/c1-4-26(28(36)31-19(2)3)32(17-20-13-14-21(29)15-25(20)30)27(35)18-33(22-9-8-10-23(16-22)34(37)38)41(39,40)24-11-6-5-7-12-24/h5-16,19,26H,4,17-18H2,1-3H3,(H,31,36)/t26-/m0/s1. The minimum atomic E-state index is -4.36. The van der Waals surface area contributed by atoms with Gasteiger partial charge in [-0.25, -0.2) is 8.42 Å². The minimum absolute atomic E-state index is 0.0828. The molecule has 10 nitrogen and oxygen atoms in total. The van der Waals surface area contributed by atoms with Crippen molar-refractivity contribution in [2.24, 2.45) is 0 Å². The molecule has 1 atom stereocenters. The number of nitro groups is 1. The van der Waals surface area contributed by atoms with Crippen molar-refractivity contribution in [3.8, 4) is 0 Å². The maximum Gasteiger partial charge on any atom is 0.271 e. The normalized spacial score (nSPS) is 12.0. The van der Waals surface area contributed by atoms with E-state index in [4.69, 9.17) is 23.2 Å². The van der Waals surface area contributed by atoms with Crippen molar-refractivity contribution in [1.82, 2.24) is 10.2 Å². The van der Waals surface area contributed by atoms with Gasteiger partial charge in [0, 0.05) is 34.8 Å². The van der Waals surface area contributed by atoms with Crippen LogP contribution in [0.4, 0.5) is 11.4 Å². The van der Waals surface area contributed by atoms with Crippen LogP contribution in [0.2, 0.25) is 10.0 Å². The predicted octanol–water partition coefficient (Wildman–Crippen LogP) is 5.43. The zero-order valence-electron chi connectivity index (χ0n) is 22.7. The van der Waals surface area contributed by atoms with E-state index in [2.05, 4.69) is 5.32 Å². The minimum Gasteiger partial charge on any atom is -0.352 e. The SMILES string of the molecule is CC[C@@H](C(=O)NC(C)C)N(Cc1ccc(Cl)cc1Cl)C(=O)CN(c1cccc([N+](=O)[O-])c1)S(=O)(=O)c1ccccc1. The number of nitrogens with zero attached hydrogens (tertiary/aromatic N) is 3. The summed E-state index contributed by atoms with van der Waals surface area (Å²) in [7, 11) is -4.36. The van der Waals surface area contributed by atoms with Gasteiger partial charge in [0.15, 0.2) is 0 Å². The summed E-state index contributed by atoms with van der Waals surface area (Å²) in [5.74, 6) is -1.14. The first-order valence-corrected chi connectivity index (χ1v) is 14.9. The van der Waals surface area contributed by atoms with Crippen molar-refractivity contribution in [3.05, 3.63) is 98.5 Å². The Kier molecular flexibility index (Phi) is 10.7. The van der Waals surface area contributed by atoms with Crippen LogP contribution >= 0.6 is 23.2 Å². The van der Waals surface area contributed by atoms with E-state index < -0.39 is 39.3 Å². The number of hydrogen-bond donors (Lipinski definition) is 1. The number of halogens is 2. The number of sulfonamides is 1. The van der Waals surface area contributed by atoms with Crippen molar-refractivity contribution >= 4 is 56.4 Å². The molecule has 2 amide bonds. The average Bonchev–Trinajstić information content (AvgIpc) is 2.92. The van der Waals surface area contributed by atoms with Crippen molar-refractivity contribution < 1.29 is 22.9 Å². The molecule has 0 aromatic heterocycles. The van der Waals surface area contributed by atoms with E-state index in [1.54, 1.807) is 39.0 Å². The summed E-state index contributed by atoms with van der Waals surface area (Å²) >= 11 is 12.4. The van der Waals surface area contributed by atoms with Crippen molar-refractivity contribution in [2.45, 2.75) is 50.7 Å². The van der Waals surface area contributed by atoms with Gasteiger partial charge < -0.3 is 10.2 Å². The van der Waals surface area contributed by atoms with E-state index in [1.165, 1.54) is 53.4 Å². The Balaban J connectivity index is 2.12. The molecule has 0 saturated heterocycles. The van der Waals surface area contributed by atoms with Crippen molar-refractivity contribution in [2.75, 3.05) is 10.8 Å². The topological polar surface area (TPSA) is 130 Å². The summed E-state index contributed by atoms with van der Waals surface area (Å²) in [5, 5.41) is 14.9. The monoisotopic (exact) mass is 620 g/mol. The lowest BCUT2D eigenvalue weighted by atomic mass is 10.1. The fraction of sp³-hybridized carbons (Fsp3) is 0.286. The summed E-state index contributed by atoms with van der Waals surface area (Å²) in [6.45, 7) is 4.43. The van der Waals surface area contributed by atoms with Gasteiger partial charge in [0.05, 0.1) is 15.5 Å². The van der Waals surface area contributed by atoms with Crippen molar-refractivity contribution in [3.63, 3.8) is 0 Å². The highest BCUT2D eigenvalue weighted by Crippen LogP contribution is 2.29. The Morgan fingerprint density at radius 2 is 1.68 bits per heavy atom. The molecule has 0 radical (unpaired) electrons. The first-order chi connectivity index (χ1) is 19.3. The van der Waals surface area contributed by atoms with Crippen LogP contribution in [0.5, 0.6) is 0 Å². The predicted molar refractivity (Wildman–Crippen MR) is 158 cm³/mol. The quantitative estimate of drug-likeness (QED) is 0.212. The third-order valence-electron chi connectivity index (χ3n) is 6.11. The fourth-order valence-corrected chi connectivity index (χ4v) is 6.04. The number of nitro benzene ring substituents is 1. The molecule has 3 rings (SSSR count). The molecule has 13 heteroatoms. The van der Waals surface area contributed by atoms with Gasteiger partial charge in [0.25, 0.3) is 15.7 Å². The fourth-order valence-electron chi connectivity index (χ4n) is 4.14. The maximum absolute atomic E-state index is 14.0. The van der Waals surface area contributed by atoms with Crippen LogP contribution in [-0.2, 0) is 26.2 Å². The van der Waals surface area contributed by atoms with E-state index in [0.29, 0.717) is 10.6 Å². The van der Waals surface area contributed by atoms with Gasteiger partial charge in [-0.2, -0.15) is 0 Å². The largest absolute Gasteiger partial charge is 0.352 e. The Morgan fingerprint density at radius 1 is 1.00 bits per heavy atom. The second-order valence-corrected chi connectivity index (χ2v) is 12.2. The molecule has 3 aromatic carbocycles. The van der Waals surface area contributed by atoms with E-state index in [9.17, 15) is 28.1 Å². The molecular weight excluding hydrogens is 591 g/mol. The highest BCUT2D eigenvalue weighted by atomic mass is 35.5. The van der Waals surface area contributed by atoms with Gasteiger partial charge in [0.1, 0.15) is 12.6 Å². The van der Waals surface area contributed by atoms with E-state index >= 15 is 0 Å². The lowest BCUT2D eigenvalue weighted by Crippen LogP contribution is -2.53. The van der Waals surface area contributed by atoms with Gasteiger partial charge in [-0.15, -0.1) is 0 Å². The van der Waals surface area contributed by atoms with E-state index in [1.807, 2.05) is 0 Å². The van der Waals surface area contributed by atoms with Crippen LogP contribution < -0.4 is 9.62 Å². The Bertz CT molecular complexity index is 1520. The summed E-state index contributed by atoms with van der Waals surface area (Å²) in [5.41, 5.74) is 0.0596. The van der Waals surface area contributed by atoms with Crippen LogP contribution in [0.3, 0.4) is 0 Å². The number of anilines is 1. The average molecular weight is 622 g/mol. The summed E-state index contributed by atoms with van der Waals surface area (Å²) in [4.78, 5) is 39.2. The number of hydrogen-bond acceptors (Lipinski definition) is 6. The molecule has 0 bridgehead atoms. The molecule has 0 aliphatic heterocycles. The number of benzene rings is 3. The molecule has 3 aromatic rings. The number of amides is 2. The molecule has 0 spiro atoms. The van der Waals surface area contributed by atoms with Gasteiger partial charge >= 0.3 is 0 Å². The molecule has 0 saturated carbocycles. The first-order valence-electron chi connectivity index (χ1n) is 12.7. The van der Waals surface area contributed by atoms with Crippen LogP contribution in [0.15, 0.2) is 77.7 Å². The molecule has 0 heterocycles. The number of carbonyl (C=O) groups is 2. The highest BCUT2D eigenvalue weighted by Gasteiger charge is 2.34. The molecule has 218 valence electrons. The van der Waals surface area contributed by atoms with Crippen LogP contribution in [-0.4, -0.2) is 48.7 Å². The Labute approximate surface area is 249 Å². The van der Waals surface area contributed by atoms with E-state index in [-0.39, 0.29) is 40.3 Å². The van der Waals surface area contributed by atoms with Crippen LogP contribution in [0.25, 0.3) is 0 Å². The molecule has 0 aliphatic carbocycles. The molecule has 41 heavy (non-hydrogen) atoms. The Morgan fingerprint density at radius 3 is 2.27 bits per heavy atom. The lowest BCUT2D eigenvalue weighted by Gasteiger charge is -2.33. The molecule has 0 aliphatic rings. The second kappa shape index (κ2) is 13.8. The van der Waals surface area contributed by atoms with Gasteiger partial charge in [-0.1, -0.05) is 60.5 Å². The third kappa shape index (κ3) is 7.96. The summed E-state index contributed by atoms with van der Waals surface area (Å²) in [6.07, 6.45) is 0.220. The number of non-ortho nitro benzene ring substituents is 1. The first kappa shape index (κ1) is 31.9. The lowest BCUT2D eigenvalue weighted by molar-refractivity contribution is -0.384. The second-order valence-electron chi connectivity index (χ2n) is 9.45. The van der Waals surface area contributed by atoms with E-state index in [0.717, 1.165) is 10.4 Å². The maximum atomic E-state index is 14.0. The smallest absolute Gasteiger partial charge is 0.271 e. The van der Waals surface area contributed by atoms with Gasteiger partial charge in [0.2, 0.25) is 11.8 Å².